The van der Waals surface area contributed by atoms with Gasteiger partial charge in [-0.3, -0.25) is 0 Å². The van der Waals surface area contributed by atoms with Crippen molar-refractivity contribution in [2.24, 2.45) is 5.73 Å². The molecule has 0 atom stereocenters. The van der Waals surface area contributed by atoms with Gasteiger partial charge in [-0.05, 0) is 45.7 Å². The van der Waals surface area contributed by atoms with Crippen LogP contribution in [-0.4, -0.2) is 4.98 Å². The zero-order valence-corrected chi connectivity index (χ0v) is 13.6. The highest BCUT2D eigenvalue weighted by Crippen LogP contribution is 2.29. The Bertz CT molecular complexity index is 591. The maximum Gasteiger partial charge on any atom is 0.140 e. The van der Waals surface area contributed by atoms with Gasteiger partial charge in [0, 0.05) is 10.4 Å². The Labute approximate surface area is 124 Å². The van der Waals surface area contributed by atoms with Crippen LogP contribution in [0.15, 0.2) is 18.2 Å². The van der Waals surface area contributed by atoms with Gasteiger partial charge in [0.25, 0.3) is 0 Å². The molecule has 2 aromatic rings. The van der Waals surface area contributed by atoms with Crippen molar-refractivity contribution in [2.45, 2.75) is 46.8 Å². The van der Waals surface area contributed by atoms with Gasteiger partial charge in [0.1, 0.15) is 17.4 Å². The van der Waals surface area contributed by atoms with Crippen LogP contribution < -0.4 is 10.5 Å². The van der Waals surface area contributed by atoms with E-state index in [4.69, 9.17) is 10.5 Å². The molecule has 3 nitrogen and oxygen atoms in total. The zero-order chi connectivity index (χ0) is 14.9. The molecule has 0 spiro atoms. The maximum atomic E-state index is 6.16. The number of hydrogen-bond acceptors (Lipinski definition) is 4. The summed E-state index contributed by atoms with van der Waals surface area (Å²) in [5.41, 5.74) is 9.11. The molecule has 0 aliphatic heterocycles. The highest BCUT2D eigenvalue weighted by molar-refractivity contribution is 7.11. The number of thiazole rings is 1. The monoisotopic (exact) mass is 290 g/mol. The van der Waals surface area contributed by atoms with E-state index >= 15 is 0 Å². The van der Waals surface area contributed by atoms with Crippen LogP contribution in [0.4, 0.5) is 0 Å². The Morgan fingerprint density at radius 1 is 1.20 bits per heavy atom. The number of rotatable bonds is 4. The molecule has 0 saturated heterocycles. The van der Waals surface area contributed by atoms with E-state index in [0.717, 1.165) is 32.5 Å². The van der Waals surface area contributed by atoms with E-state index in [1.54, 1.807) is 11.3 Å². The van der Waals surface area contributed by atoms with Crippen LogP contribution in [0.1, 0.15) is 40.6 Å². The Morgan fingerprint density at radius 2 is 1.80 bits per heavy atom. The number of benzene rings is 1. The van der Waals surface area contributed by atoms with Gasteiger partial charge in [-0.15, -0.1) is 11.3 Å². The molecule has 1 aromatic heterocycles. The fraction of sp³-hybridized carbons (Fsp3) is 0.438. The molecule has 0 radical (unpaired) electrons. The molecule has 0 saturated carbocycles. The van der Waals surface area contributed by atoms with Gasteiger partial charge in [0.15, 0.2) is 0 Å². The summed E-state index contributed by atoms with van der Waals surface area (Å²) in [4.78, 5) is 5.69. The highest BCUT2D eigenvalue weighted by Gasteiger charge is 2.21. The third-order valence-electron chi connectivity index (χ3n) is 3.17. The van der Waals surface area contributed by atoms with E-state index in [0.29, 0.717) is 6.61 Å². The van der Waals surface area contributed by atoms with Crippen LogP contribution in [-0.2, 0) is 12.1 Å². The summed E-state index contributed by atoms with van der Waals surface area (Å²) in [7, 11) is 0. The van der Waals surface area contributed by atoms with Gasteiger partial charge < -0.3 is 10.5 Å². The number of ether oxygens (including phenoxy) is 1. The summed E-state index contributed by atoms with van der Waals surface area (Å²) < 4.78 is 5.94. The molecule has 2 rings (SSSR count). The van der Waals surface area contributed by atoms with Crippen molar-refractivity contribution in [1.82, 2.24) is 4.98 Å². The molecule has 2 N–H and O–H groups in total. The maximum absolute atomic E-state index is 6.16. The second-order valence-electron chi connectivity index (χ2n) is 5.75. The number of para-hydroxylation sites is 1. The molecule has 20 heavy (non-hydrogen) atoms. The minimum Gasteiger partial charge on any atom is -0.486 e. The first-order valence-corrected chi connectivity index (χ1v) is 7.55. The first-order chi connectivity index (χ1) is 9.29. The smallest absolute Gasteiger partial charge is 0.140 e. The fourth-order valence-corrected chi connectivity index (χ4v) is 3.27. The van der Waals surface area contributed by atoms with Crippen molar-refractivity contribution in [1.29, 1.82) is 0 Å². The lowest BCUT2D eigenvalue weighted by Crippen LogP contribution is -2.28. The Morgan fingerprint density at radius 3 is 2.30 bits per heavy atom. The van der Waals surface area contributed by atoms with Crippen molar-refractivity contribution >= 4 is 11.3 Å². The van der Waals surface area contributed by atoms with Crippen LogP contribution >= 0.6 is 11.3 Å². The molecule has 0 bridgehead atoms. The Balaban J connectivity index is 2.16. The van der Waals surface area contributed by atoms with Crippen LogP contribution in [0, 0.1) is 20.8 Å². The minimum absolute atomic E-state index is 0.349. The first kappa shape index (κ1) is 15.0. The number of hydrogen-bond donors (Lipinski definition) is 1. The summed E-state index contributed by atoms with van der Waals surface area (Å²) in [6, 6.07) is 6.16. The molecule has 0 fully saturated rings. The summed E-state index contributed by atoms with van der Waals surface area (Å²) in [6.07, 6.45) is 0. The fourth-order valence-electron chi connectivity index (χ4n) is 2.27. The molecule has 1 heterocycles. The first-order valence-electron chi connectivity index (χ1n) is 6.73. The number of nitrogens with two attached hydrogens (primary N) is 1. The lowest BCUT2D eigenvalue weighted by Gasteiger charge is -2.16. The van der Waals surface area contributed by atoms with Crippen molar-refractivity contribution in [3.05, 3.63) is 44.9 Å². The second-order valence-corrected chi connectivity index (χ2v) is 6.84. The number of aromatic nitrogens is 1. The average molecular weight is 290 g/mol. The summed E-state index contributed by atoms with van der Waals surface area (Å²) in [5.74, 6) is 0.953. The van der Waals surface area contributed by atoms with Gasteiger partial charge in [0.05, 0.1) is 5.69 Å². The van der Waals surface area contributed by atoms with Gasteiger partial charge >= 0.3 is 0 Å². The molecule has 108 valence electrons. The van der Waals surface area contributed by atoms with Crippen molar-refractivity contribution < 1.29 is 4.74 Å². The average Bonchev–Trinajstić information content (AvgIpc) is 2.70. The molecule has 1 aromatic carbocycles. The van der Waals surface area contributed by atoms with Crippen molar-refractivity contribution in [3.63, 3.8) is 0 Å². The van der Waals surface area contributed by atoms with E-state index in [1.807, 2.05) is 26.8 Å². The lowest BCUT2D eigenvalue weighted by atomic mass is 10.0. The largest absolute Gasteiger partial charge is 0.486 e. The Kier molecular flexibility index (Phi) is 4.16. The third kappa shape index (κ3) is 3.19. The molecule has 0 unspecified atom stereocenters. The predicted octanol–water partition coefficient (Wildman–Crippen LogP) is 3.84. The number of aryl methyl sites for hydroxylation is 3. The van der Waals surface area contributed by atoms with Gasteiger partial charge in [-0.2, -0.15) is 0 Å². The Hall–Kier alpha value is -1.39. The third-order valence-corrected chi connectivity index (χ3v) is 4.65. The standard InChI is InChI=1S/C16H22N2OS/c1-10-7-6-8-11(2)14(10)19-9-13-18-12(3)15(20-13)16(4,5)17/h6-8H,9,17H2,1-5H3. The van der Waals surface area contributed by atoms with Crippen LogP contribution in [0.5, 0.6) is 5.75 Å². The lowest BCUT2D eigenvalue weighted by molar-refractivity contribution is 0.301. The van der Waals surface area contributed by atoms with E-state index < -0.39 is 0 Å². The second kappa shape index (κ2) is 5.54. The zero-order valence-electron chi connectivity index (χ0n) is 12.8. The number of nitrogens with zero attached hydrogens (tertiary/aromatic N) is 1. The van der Waals surface area contributed by atoms with Gasteiger partial charge in [0.2, 0.25) is 0 Å². The van der Waals surface area contributed by atoms with E-state index in [1.165, 1.54) is 0 Å². The van der Waals surface area contributed by atoms with E-state index in [2.05, 4.69) is 31.0 Å². The highest BCUT2D eigenvalue weighted by atomic mass is 32.1. The summed E-state index contributed by atoms with van der Waals surface area (Å²) in [5, 5.41) is 0.971. The van der Waals surface area contributed by atoms with Gasteiger partial charge in [-0.25, -0.2) is 4.98 Å². The van der Waals surface area contributed by atoms with Crippen LogP contribution in [0.2, 0.25) is 0 Å². The molecule has 0 aliphatic rings. The molecular weight excluding hydrogens is 268 g/mol. The minimum atomic E-state index is -0.349. The predicted molar refractivity (Wildman–Crippen MR) is 84.3 cm³/mol. The molecule has 0 amide bonds. The summed E-state index contributed by atoms with van der Waals surface area (Å²) in [6.45, 7) is 10.6. The quantitative estimate of drug-likeness (QED) is 0.930. The van der Waals surface area contributed by atoms with Crippen molar-refractivity contribution in [2.75, 3.05) is 0 Å². The van der Waals surface area contributed by atoms with E-state index in [-0.39, 0.29) is 5.54 Å². The normalized spacial score (nSPS) is 11.7. The van der Waals surface area contributed by atoms with Crippen LogP contribution in [0.3, 0.4) is 0 Å². The van der Waals surface area contributed by atoms with Gasteiger partial charge in [-0.1, -0.05) is 18.2 Å². The molecular formula is C16H22N2OS. The summed E-state index contributed by atoms with van der Waals surface area (Å²) >= 11 is 1.64. The molecule has 0 aliphatic carbocycles. The topological polar surface area (TPSA) is 48.1 Å². The van der Waals surface area contributed by atoms with E-state index in [9.17, 15) is 0 Å². The van der Waals surface area contributed by atoms with Crippen molar-refractivity contribution in [3.8, 4) is 5.75 Å². The SMILES string of the molecule is Cc1cccc(C)c1OCc1nc(C)c(C(C)(C)N)s1. The van der Waals surface area contributed by atoms with Crippen LogP contribution in [0.25, 0.3) is 0 Å². The molecule has 4 heteroatoms.